The van der Waals surface area contributed by atoms with Crippen molar-refractivity contribution in [1.82, 2.24) is 4.90 Å². The summed E-state index contributed by atoms with van der Waals surface area (Å²) in [5.74, 6) is 5.64. The van der Waals surface area contributed by atoms with Gasteiger partial charge in [0.15, 0.2) is 0 Å². The van der Waals surface area contributed by atoms with Gasteiger partial charge >= 0.3 is 6.18 Å². The molecule has 0 saturated heterocycles. The molecule has 1 aromatic carbocycles. The van der Waals surface area contributed by atoms with E-state index in [1.165, 1.54) is 11.9 Å². The van der Waals surface area contributed by atoms with Crippen molar-refractivity contribution in [2.24, 2.45) is 0 Å². The number of hydrogen-bond acceptors (Lipinski definition) is 2. The van der Waals surface area contributed by atoms with Crippen LogP contribution < -0.4 is 0 Å². The summed E-state index contributed by atoms with van der Waals surface area (Å²) in [6, 6.07) is 7.05. The third-order valence-corrected chi connectivity index (χ3v) is 2.33. The van der Waals surface area contributed by atoms with Gasteiger partial charge in [0.05, 0.1) is 13.2 Å². The molecule has 0 amide bonds. The van der Waals surface area contributed by atoms with Crippen molar-refractivity contribution in [3.8, 4) is 11.8 Å². The Labute approximate surface area is 110 Å². The van der Waals surface area contributed by atoms with E-state index in [1.807, 2.05) is 0 Å². The first-order valence-electron chi connectivity index (χ1n) is 5.84. The average Bonchev–Trinajstić information content (AvgIpc) is 2.29. The zero-order valence-electron chi connectivity index (χ0n) is 10.7. The smallest absolute Gasteiger partial charge is 0.395 e. The maximum Gasteiger partial charge on any atom is 0.401 e. The zero-order valence-corrected chi connectivity index (χ0v) is 10.7. The van der Waals surface area contributed by atoms with Crippen LogP contribution in [0.15, 0.2) is 24.3 Å². The molecule has 0 aliphatic heterocycles. The molecule has 0 aliphatic rings. The topological polar surface area (TPSA) is 23.5 Å². The molecule has 0 atom stereocenters. The lowest BCUT2D eigenvalue weighted by atomic mass is 10.1. The lowest BCUT2D eigenvalue weighted by Crippen LogP contribution is -2.30. The SMILES string of the molecule is CN(Cc1ccc(C#CCCO)cc1)CC(F)(F)F. The summed E-state index contributed by atoms with van der Waals surface area (Å²) in [7, 11) is 1.43. The Morgan fingerprint density at radius 3 is 2.37 bits per heavy atom. The molecule has 0 bridgehead atoms. The highest BCUT2D eigenvalue weighted by Gasteiger charge is 2.28. The minimum Gasteiger partial charge on any atom is -0.395 e. The second-order valence-corrected chi connectivity index (χ2v) is 4.26. The molecule has 0 fully saturated rings. The lowest BCUT2D eigenvalue weighted by Gasteiger charge is -2.18. The summed E-state index contributed by atoms with van der Waals surface area (Å²) in [6.07, 6.45) is -3.76. The van der Waals surface area contributed by atoms with Gasteiger partial charge in [0.1, 0.15) is 0 Å². The van der Waals surface area contributed by atoms with Gasteiger partial charge in [-0.1, -0.05) is 24.0 Å². The van der Waals surface area contributed by atoms with Crippen LogP contribution in [-0.2, 0) is 6.54 Å². The summed E-state index contributed by atoms with van der Waals surface area (Å²) < 4.78 is 36.5. The fourth-order valence-corrected chi connectivity index (χ4v) is 1.59. The average molecular weight is 271 g/mol. The van der Waals surface area contributed by atoms with Crippen molar-refractivity contribution >= 4 is 0 Å². The van der Waals surface area contributed by atoms with E-state index >= 15 is 0 Å². The van der Waals surface area contributed by atoms with Gasteiger partial charge < -0.3 is 5.11 Å². The van der Waals surface area contributed by atoms with Gasteiger partial charge in [-0.25, -0.2) is 0 Å². The molecule has 0 heterocycles. The van der Waals surface area contributed by atoms with E-state index in [9.17, 15) is 13.2 Å². The van der Waals surface area contributed by atoms with E-state index in [0.717, 1.165) is 11.1 Å². The number of halogens is 3. The molecule has 0 aromatic heterocycles. The maximum atomic E-state index is 12.2. The number of rotatable bonds is 4. The molecule has 0 unspecified atom stereocenters. The molecule has 1 N–H and O–H groups in total. The van der Waals surface area contributed by atoms with Crippen LogP contribution in [0, 0.1) is 11.8 Å². The van der Waals surface area contributed by atoms with Gasteiger partial charge in [0, 0.05) is 18.5 Å². The van der Waals surface area contributed by atoms with E-state index in [4.69, 9.17) is 5.11 Å². The summed E-state index contributed by atoms with van der Waals surface area (Å²) in [4.78, 5) is 1.21. The zero-order chi connectivity index (χ0) is 14.3. The predicted molar refractivity (Wildman–Crippen MR) is 67.4 cm³/mol. The number of aliphatic hydroxyl groups is 1. The molecule has 0 radical (unpaired) electrons. The van der Waals surface area contributed by atoms with Gasteiger partial charge in [-0.05, 0) is 24.7 Å². The molecular weight excluding hydrogens is 255 g/mol. The third-order valence-electron chi connectivity index (χ3n) is 2.33. The molecule has 0 aliphatic carbocycles. The fourth-order valence-electron chi connectivity index (χ4n) is 1.59. The Kier molecular flexibility index (Phi) is 5.87. The number of nitrogens with zero attached hydrogens (tertiary/aromatic N) is 1. The number of benzene rings is 1. The summed E-state index contributed by atoms with van der Waals surface area (Å²) in [5, 5.41) is 8.58. The minimum absolute atomic E-state index is 0.0212. The first-order chi connectivity index (χ1) is 8.90. The molecule has 1 rings (SSSR count). The molecule has 2 nitrogen and oxygen atoms in total. The first-order valence-corrected chi connectivity index (χ1v) is 5.84. The van der Waals surface area contributed by atoms with Crippen molar-refractivity contribution in [2.75, 3.05) is 20.2 Å². The highest BCUT2D eigenvalue weighted by atomic mass is 19.4. The maximum absolute atomic E-state index is 12.2. The number of hydrogen-bond donors (Lipinski definition) is 1. The van der Waals surface area contributed by atoms with Crippen LogP contribution in [0.25, 0.3) is 0 Å². The molecule has 1 aromatic rings. The molecule has 5 heteroatoms. The second-order valence-electron chi connectivity index (χ2n) is 4.26. The Bertz CT molecular complexity index is 442. The van der Waals surface area contributed by atoms with Crippen molar-refractivity contribution < 1.29 is 18.3 Å². The van der Waals surface area contributed by atoms with Crippen molar-refractivity contribution in [3.63, 3.8) is 0 Å². The molecule has 0 saturated carbocycles. The van der Waals surface area contributed by atoms with E-state index in [2.05, 4.69) is 11.8 Å². The summed E-state index contributed by atoms with van der Waals surface area (Å²) >= 11 is 0. The fraction of sp³-hybridized carbons (Fsp3) is 0.429. The highest BCUT2D eigenvalue weighted by Crippen LogP contribution is 2.17. The summed E-state index contributed by atoms with van der Waals surface area (Å²) in [6.45, 7) is -0.664. The van der Waals surface area contributed by atoms with Gasteiger partial charge in [-0.15, -0.1) is 0 Å². The minimum atomic E-state index is -4.18. The lowest BCUT2D eigenvalue weighted by molar-refractivity contribution is -0.144. The van der Waals surface area contributed by atoms with Gasteiger partial charge in [0.25, 0.3) is 0 Å². The van der Waals surface area contributed by atoms with Crippen molar-refractivity contribution in [2.45, 2.75) is 19.1 Å². The number of alkyl halides is 3. The van der Waals surface area contributed by atoms with E-state index in [-0.39, 0.29) is 13.2 Å². The second kappa shape index (κ2) is 7.17. The molecule has 19 heavy (non-hydrogen) atoms. The van der Waals surface area contributed by atoms with E-state index in [1.54, 1.807) is 24.3 Å². The molecule has 104 valence electrons. The normalized spacial score (nSPS) is 11.3. The van der Waals surface area contributed by atoms with Crippen LogP contribution in [0.3, 0.4) is 0 Å². The van der Waals surface area contributed by atoms with Crippen LogP contribution in [0.5, 0.6) is 0 Å². The molecular formula is C14H16F3NO. The van der Waals surface area contributed by atoms with Crippen LogP contribution in [0.2, 0.25) is 0 Å². The van der Waals surface area contributed by atoms with Crippen LogP contribution in [0.4, 0.5) is 13.2 Å². The van der Waals surface area contributed by atoms with Gasteiger partial charge in [-0.2, -0.15) is 13.2 Å². The van der Waals surface area contributed by atoms with Crippen molar-refractivity contribution in [1.29, 1.82) is 0 Å². The van der Waals surface area contributed by atoms with Gasteiger partial charge in [0.2, 0.25) is 0 Å². The van der Waals surface area contributed by atoms with E-state index < -0.39 is 12.7 Å². The summed E-state index contributed by atoms with van der Waals surface area (Å²) in [5.41, 5.74) is 1.59. The van der Waals surface area contributed by atoms with E-state index in [0.29, 0.717) is 6.42 Å². The van der Waals surface area contributed by atoms with Crippen molar-refractivity contribution in [3.05, 3.63) is 35.4 Å². The van der Waals surface area contributed by atoms with Crippen LogP contribution >= 0.6 is 0 Å². The van der Waals surface area contributed by atoms with Crippen LogP contribution in [0.1, 0.15) is 17.5 Å². The quantitative estimate of drug-likeness (QED) is 0.850. The first kappa shape index (κ1) is 15.5. The monoisotopic (exact) mass is 271 g/mol. The Balaban J connectivity index is 2.55. The molecule has 0 spiro atoms. The third kappa shape index (κ3) is 6.85. The Morgan fingerprint density at radius 2 is 1.84 bits per heavy atom. The standard InChI is InChI=1S/C14H16F3NO/c1-18(11-14(15,16)17)10-13-7-5-12(6-8-13)4-2-3-9-19/h5-8,19H,3,9-11H2,1H3. The van der Waals surface area contributed by atoms with Crippen LogP contribution in [-0.4, -0.2) is 36.4 Å². The number of aliphatic hydroxyl groups excluding tert-OH is 1. The predicted octanol–water partition coefficient (Wildman–Crippen LogP) is 2.41. The highest BCUT2D eigenvalue weighted by molar-refractivity contribution is 5.36. The van der Waals surface area contributed by atoms with Gasteiger partial charge in [-0.3, -0.25) is 4.90 Å². The Morgan fingerprint density at radius 1 is 1.21 bits per heavy atom. The largest absolute Gasteiger partial charge is 0.401 e. The Hall–Kier alpha value is -1.51.